The first kappa shape index (κ1) is 18.0. The summed E-state index contributed by atoms with van der Waals surface area (Å²) in [5.74, 6) is 0.755. The predicted octanol–water partition coefficient (Wildman–Crippen LogP) is 6.96. The number of rotatable bonds is 3. The molecular weight excluding hydrogens is 350 g/mol. The minimum Gasteiger partial charge on any atom is -0.337 e. The van der Waals surface area contributed by atoms with Crippen LogP contribution in [0.15, 0.2) is 102 Å². The first-order chi connectivity index (χ1) is 14.2. The SMILES string of the molecule is CC1=CCC(N(C2=Cc3ccccc3C3C=CC=CC23)c2ccc(C)cc2)C=C1. The van der Waals surface area contributed by atoms with E-state index in [-0.39, 0.29) is 0 Å². The summed E-state index contributed by atoms with van der Waals surface area (Å²) >= 11 is 0. The third-order valence-corrected chi connectivity index (χ3v) is 6.32. The topological polar surface area (TPSA) is 3.24 Å². The van der Waals surface area contributed by atoms with E-state index in [9.17, 15) is 0 Å². The number of allylic oxidation sites excluding steroid dienone is 6. The first-order valence-electron chi connectivity index (χ1n) is 10.6. The van der Waals surface area contributed by atoms with E-state index < -0.39 is 0 Å². The number of hydrogen-bond acceptors (Lipinski definition) is 1. The molecule has 0 aromatic heterocycles. The normalized spacial score (nSPS) is 24.4. The van der Waals surface area contributed by atoms with Gasteiger partial charge in [-0.2, -0.15) is 0 Å². The van der Waals surface area contributed by atoms with Gasteiger partial charge in [0.1, 0.15) is 0 Å². The first-order valence-corrected chi connectivity index (χ1v) is 10.6. The molecule has 0 radical (unpaired) electrons. The molecule has 3 aliphatic carbocycles. The van der Waals surface area contributed by atoms with Crippen molar-refractivity contribution < 1.29 is 0 Å². The molecule has 2 aromatic rings. The van der Waals surface area contributed by atoms with Crippen LogP contribution in [0.25, 0.3) is 6.08 Å². The summed E-state index contributed by atoms with van der Waals surface area (Å²) in [6, 6.07) is 18.2. The maximum Gasteiger partial charge on any atom is 0.0557 e. The fraction of sp³-hybridized carbons (Fsp3) is 0.214. The second-order valence-corrected chi connectivity index (χ2v) is 8.34. The minimum absolute atomic E-state index is 0.331. The predicted molar refractivity (Wildman–Crippen MR) is 124 cm³/mol. The van der Waals surface area contributed by atoms with Gasteiger partial charge in [-0.25, -0.2) is 0 Å². The maximum absolute atomic E-state index is 2.57. The van der Waals surface area contributed by atoms with Crippen LogP contribution in [0.4, 0.5) is 5.69 Å². The number of anilines is 1. The summed E-state index contributed by atoms with van der Waals surface area (Å²) in [4.78, 5) is 2.57. The van der Waals surface area contributed by atoms with Crippen molar-refractivity contribution in [1.29, 1.82) is 0 Å². The van der Waals surface area contributed by atoms with Crippen molar-refractivity contribution in [3.8, 4) is 0 Å². The fourth-order valence-corrected chi connectivity index (χ4v) is 4.76. The lowest BCUT2D eigenvalue weighted by molar-refractivity contribution is 0.601. The van der Waals surface area contributed by atoms with Crippen LogP contribution in [0.2, 0.25) is 0 Å². The van der Waals surface area contributed by atoms with Crippen molar-refractivity contribution in [2.75, 3.05) is 4.90 Å². The van der Waals surface area contributed by atoms with E-state index in [2.05, 4.69) is 116 Å². The molecule has 0 N–H and O–H groups in total. The fourth-order valence-electron chi connectivity index (χ4n) is 4.76. The molecule has 0 aliphatic heterocycles. The summed E-state index contributed by atoms with van der Waals surface area (Å²) in [7, 11) is 0. The summed E-state index contributed by atoms with van der Waals surface area (Å²) < 4.78 is 0. The Hall–Kier alpha value is -3.06. The van der Waals surface area contributed by atoms with Gasteiger partial charge in [0, 0.05) is 23.2 Å². The third kappa shape index (κ3) is 3.31. The molecule has 0 amide bonds. The summed E-state index contributed by atoms with van der Waals surface area (Å²) in [5.41, 5.74) is 8.08. The van der Waals surface area contributed by atoms with E-state index in [0.29, 0.717) is 17.9 Å². The highest BCUT2D eigenvalue weighted by Crippen LogP contribution is 2.45. The standard InChI is InChI=1S/C28H27N/c1-20-11-15-23(16-12-20)29(24-17-13-21(2)14-18-24)28-19-22-7-3-4-8-25(22)26-9-5-6-10-27(26)28/h3-17,19,24,26-27H,18H2,1-2H3. The Balaban J connectivity index is 1.66. The van der Waals surface area contributed by atoms with E-state index in [0.717, 1.165) is 6.42 Å². The van der Waals surface area contributed by atoms with Crippen molar-refractivity contribution in [1.82, 2.24) is 0 Å². The largest absolute Gasteiger partial charge is 0.337 e. The van der Waals surface area contributed by atoms with Gasteiger partial charge in [0.15, 0.2) is 0 Å². The van der Waals surface area contributed by atoms with E-state index in [1.165, 1.54) is 33.6 Å². The van der Waals surface area contributed by atoms with Gasteiger partial charge in [-0.15, -0.1) is 0 Å². The molecule has 0 bridgehead atoms. The highest BCUT2D eigenvalue weighted by atomic mass is 15.2. The zero-order valence-corrected chi connectivity index (χ0v) is 17.1. The van der Waals surface area contributed by atoms with E-state index in [4.69, 9.17) is 0 Å². The Labute approximate surface area is 174 Å². The highest BCUT2D eigenvalue weighted by molar-refractivity contribution is 5.71. The van der Waals surface area contributed by atoms with Gasteiger partial charge in [0.25, 0.3) is 0 Å². The molecule has 3 atom stereocenters. The monoisotopic (exact) mass is 377 g/mol. The summed E-state index contributed by atoms with van der Waals surface area (Å²) in [6.07, 6.45) is 19.6. The van der Waals surface area contributed by atoms with Gasteiger partial charge < -0.3 is 4.90 Å². The van der Waals surface area contributed by atoms with Gasteiger partial charge in [0.2, 0.25) is 0 Å². The number of nitrogens with zero attached hydrogens (tertiary/aromatic N) is 1. The molecule has 5 rings (SSSR count). The van der Waals surface area contributed by atoms with E-state index >= 15 is 0 Å². The van der Waals surface area contributed by atoms with Crippen LogP contribution < -0.4 is 4.90 Å². The summed E-state index contributed by atoms with van der Waals surface area (Å²) in [6.45, 7) is 4.34. The Kier molecular flexibility index (Phi) is 4.60. The summed E-state index contributed by atoms with van der Waals surface area (Å²) in [5, 5.41) is 0. The minimum atomic E-state index is 0.331. The average Bonchev–Trinajstić information content (AvgIpc) is 2.76. The second-order valence-electron chi connectivity index (χ2n) is 8.34. The molecule has 1 nitrogen and oxygen atoms in total. The molecule has 3 aliphatic rings. The number of hydrogen-bond donors (Lipinski definition) is 0. The van der Waals surface area contributed by atoms with Gasteiger partial charge in [0.05, 0.1) is 6.04 Å². The quantitative estimate of drug-likeness (QED) is 0.559. The Morgan fingerprint density at radius 2 is 1.59 bits per heavy atom. The van der Waals surface area contributed by atoms with Gasteiger partial charge in [-0.1, -0.05) is 90.1 Å². The molecule has 29 heavy (non-hydrogen) atoms. The number of fused-ring (bicyclic) bond motifs is 3. The lowest BCUT2D eigenvalue weighted by Gasteiger charge is -2.42. The lowest BCUT2D eigenvalue weighted by Crippen LogP contribution is -2.38. The van der Waals surface area contributed by atoms with Crippen LogP contribution in [0.3, 0.4) is 0 Å². The molecule has 0 saturated heterocycles. The molecule has 2 aromatic carbocycles. The zero-order chi connectivity index (χ0) is 19.8. The molecule has 1 heteroatoms. The molecule has 144 valence electrons. The van der Waals surface area contributed by atoms with Crippen LogP contribution in [-0.2, 0) is 0 Å². The van der Waals surface area contributed by atoms with Crippen LogP contribution in [0, 0.1) is 12.8 Å². The van der Waals surface area contributed by atoms with E-state index in [1.807, 2.05) is 0 Å². The van der Waals surface area contributed by atoms with Crippen LogP contribution in [-0.4, -0.2) is 6.04 Å². The Morgan fingerprint density at radius 3 is 2.34 bits per heavy atom. The maximum atomic E-state index is 2.57. The molecular formula is C28H27N. The Bertz CT molecular complexity index is 1060. The Morgan fingerprint density at radius 1 is 0.828 bits per heavy atom. The lowest BCUT2D eigenvalue weighted by atomic mass is 9.74. The third-order valence-electron chi connectivity index (χ3n) is 6.32. The van der Waals surface area contributed by atoms with Crippen molar-refractivity contribution in [3.05, 3.63) is 119 Å². The highest BCUT2D eigenvalue weighted by Gasteiger charge is 2.34. The average molecular weight is 378 g/mol. The van der Waals surface area contributed by atoms with Gasteiger partial charge in [-0.05, 0) is 49.6 Å². The number of aryl methyl sites for hydroxylation is 1. The van der Waals surface area contributed by atoms with Crippen LogP contribution in [0.1, 0.15) is 36.0 Å². The number of benzene rings is 2. The van der Waals surface area contributed by atoms with Crippen molar-refractivity contribution in [3.63, 3.8) is 0 Å². The van der Waals surface area contributed by atoms with Crippen LogP contribution >= 0.6 is 0 Å². The second kappa shape index (κ2) is 7.40. The van der Waals surface area contributed by atoms with Crippen molar-refractivity contribution in [2.24, 2.45) is 5.92 Å². The molecule has 0 fully saturated rings. The van der Waals surface area contributed by atoms with Gasteiger partial charge in [-0.3, -0.25) is 0 Å². The molecule has 0 heterocycles. The van der Waals surface area contributed by atoms with Crippen molar-refractivity contribution >= 4 is 11.8 Å². The van der Waals surface area contributed by atoms with Crippen molar-refractivity contribution in [2.45, 2.75) is 32.2 Å². The zero-order valence-electron chi connectivity index (χ0n) is 17.1. The molecule has 0 saturated carbocycles. The molecule has 0 spiro atoms. The smallest absolute Gasteiger partial charge is 0.0557 e. The molecule has 3 unspecified atom stereocenters. The van der Waals surface area contributed by atoms with Gasteiger partial charge >= 0.3 is 0 Å². The van der Waals surface area contributed by atoms with E-state index in [1.54, 1.807) is 0 Å². The van der Waals surface area contributed by atoms with Crippen LogP contribution in [0.5, 0.6) is 0 Å².